The van der Waals surface area contributed by atoms with Gasteiger partial charge in [-0.15, -0.1) is 0 Å². The average Bonchev–Trinajstić information content (AvgIpc) is 3.24. The summed E-state index contributed by atoms with van der Waals surface area (Å²) in [4.78, 5) is 4.24. The summed E-state index contributed by atoms with van der Waals surface area (Å²) in [6.07, 6.45) is 4.87. The summed E-state index contributed by atoms with van der Waals surface area (Å²) >= 11 is 0. The Hall–Kier alpha value is -3.22. The zero-order valence-electron chi connectivity index (χ0n) is 15.1. The molecule has 0 saturated heterocycles. The fourth-order valence-electron chi connectivity index (χ4n) is 3.45. The zero-order chi connectivity index (χ0) is 18.6. The smallest absolute Gasteiger partial charge is 0.220 e. The van der Waals surface area contributed by atoms with Crippen LogP contribution in [0.2, 0.25) is 0 Å². The maximum atomic E-state index is 13.4. The number of aromatic nitrogens is 5. The van der Waals surface area contributed by atoms with E-state index in [2.05, 4.69) is 23.9 Å². The monoisotopic (exact) mass is 363 g/mol. The van der Waals surface area contributed by atoms with Gasteiger partial charge in [0, 0.05) is 17.8 Å². The Morgan fingerprint density at radius 1 is 1.19 bits per heavy atom. The third-order valence-corrected chi connectivity index (χ3v) is 4.74. The molecule has 5 heterocycles. The van der Waals surface area contributed by atoms with Gasteiger partial charge in [-0.1, -0.05) is 13.8 Å². The molecule has 0 spiro atoms. The molecule has 0 aliphatic carbocycles. The third kappa shape index (κ3) is 2.66. The molecule has 0 unspecified atom stereocenters. The van der Waals surface area contributed by atoms with Gasteiger partial charge in [-0.2, -0.15) is 10.2 Å². The molecule has 0 radical (unpaired) electrons. The topological polar surface area (TPSA) is 57.2 Å². The maximum absolute atomic E-state index is 13.4. The number of fused-ring (bicyclic) bond motifs is 2. The second kappa shape index (κ2) is 5.64. The SMILES string of the molecule is CC1(C)COc2c(-c3ccn4nccc4c3)c(-c3ccc(F)cn3)nn2C1. The van der Waals surface area contributed by atoms with Crippen LogP contribution in [0.1, 0.15) is 13.8 Å². The van der Waals surface area contributed by atoms with Crippen LogP contribution in [0.15, 0.2) is 48.9 Å². The lowest BCUT2D eigenvalue weighted by Gasteiger charge is -2.30. The van der Waals surface area contributed by atoms with E-state index in [1.54, 1.807) is 16.8 Å². The Morgan fingerprint density at radius 3 is 2.89 bits per heavy atom. The van der Waals surface area contributed by atoms with Crippen molar-refractivity contribution in [1.82, 2.24) is 24.4 Å². The van der Waals surface area contributed by atoms with Crippen LogP contribution >= 0.6 is 0 Å². The van der Waals surface area contributed by atoms with Crippen molar-refractivity contribution >= 4 is 5.52 Å². The molecular weight excluding hydrogens is 345 g/mol. The molecule has 4 aromatic rings. The number of hydrogen-bond donors (Lipinski definition) is 0. The predicted molar refractivity (Wildman–Crippen MR) is 98.9 cm³/mol. The van der Waals surface area contributed by atoms with E-state index < -0.39 is 0 Å². The summed E-state index contributed by atoms with van der Waals surface area (Å²) in [6.45, 7) is 5.64. The van der Waals surface area contributed by atoms with Gasteiger partial charge in [-0.25, -0.2) is 13.6 Å². The van der Waals surface area contributed by atoms with Crippen LogP contribution in [0.3, 0.4) is 0 Å². The molecule has 6 nitrogen and oxygen atoms in total. The second-order valence-corrected chi connectivity index (χ2v) is 7.62. The van der Waals surface area contributed by atoms with Crippen LogP contribution in [0.5, 0.6) is 5.88 Å². The second-order valence-electron chi connectivity index (χ2n) is 7.62. The summed E-state index contributed by atoms with van der Waals surface area (Å²) < 4.78 is 23.2. The van der Waals surface area contributed by atoms with Crippen molar-refractivity contribution in [2.75, 3.05) is 6.61 Å². The number of ether oxygens (including phenoxy) is 1. The van der Waals surface area contributed by atoms with E-state index in [0.717, 1.165) is 29.1 Å². The molecule has 1 aliphatic rings. The van der Waals surface area contributed by atoms with Crippen molar-refractivity contribution in [3.8, 4) is 28.4 Å². The molecule has 0 atom stereocenters. The van der Waals surface area contributed by atoms with E-state index >= 15 is 0 Å². The summed E-state index contributed by atoms with van der Waals surface area (Å²) in [7, 11) is 0. The van der Waals surface area contributed by atoms with Crippen LogP contribution in [0, 0.1) is 11.2 Å². The van der Waals surface area contributed by atoms with Gasteiger partial charge >= 0.3 is 0 Å². The highest BCUT2D eigenvalue weighted by molar-refractivity contribution is 5.85. The molecule has 0 fully saturated rings. The summed E-state index contributed by atoms with van der Waals surface area (Å²) in [5, 5.41) is 9.02. The lowest BCUT2D eigenvalue weighted by atomic mass is 9.94. The molecule has 27 heavy (non-hydrogen) atoms. The number of halogens is 1. The van der Waals surface area contributed by atoms with Crippen LogP contribution < -0.4 is 4.74 Å². The minimum Gasteiger partial charge on any atom is -0.477 e. The van der Waals surface area contributed by atoms with Gasteiger partial charge in [0.15, 0.2) is 0 Å². The maximum Gasteiger partial charge on any atom is 0.220 e. The lowest BCUT2D eigenvalue weighted by Crippen LogP contribution is -2.33. The van der Waals surface area contributed by atoms with Gasteiger partial charge < -0.3 is 4.74 Å². The van der Waals surface area contributed by atoms with E-state index in [1.165, 1.54) is 12.3 Å². The summed E-state index contributed by atoms with van der Waals surface area (Å²) in [5.41, 5.74) is 4.09. The Balaban J connectivity index is 1.74. The highest BCUT2D eigenvalue weighted by Crippen LogP contribution is 2.42. The predicted octanol–water partition coefficient (Wildman–Crippen LogP) is 3.82. The van der Waals surface area contributed by atoms with Gasteiger partial charge in [-0.3, -0.25) is 4.98 Å². The number of nitrogens with zero attached hydrogens (tertiary/aromatic N) is 5. The van der Waals surface area contributed by atoms with Crippen molar-refractivity contribution in [3.05, 3.63) is 54.7 Å². The number of pyridine rings is 2. The Bertz CT molecular complexity index is 1140. The first-order valence-corrected chi connectivity index (χ1v) is 8.79. The van der Waals surface area contributed by atoms with E-state index in [4.69, 9.17) is 9.84 Å². The van der Waals surface area contributed by atoms with Crippen molar-refractivity contribution in [3.63, 3.8) is 0 Å². The number of hydrogen-bond acceptors (Lipinski definition) is 4. The largest absolute Gasteiger partial charge is 0.477 e. The quantitative estimate of drug-likeness (QED) is 0.543. The molecule has 1 aliphatic heterocycles. The van der Waals surface area contributed by atoms with Gasteiger partial charge in [0.05, 0.1) is 36.1 Å². The molecule has 0 aromatic carbocycles. The van der Waals surface area contributed by atoms with Crippen molar-refractivity contribution in [2.45, 2.75) is 20.4 Å². The Morgan fingerprint density at radius 2 is 2.07 bits per heavy atom. The Labute approximate surface area is 155 Å². The van der Waals surface area contributed by atoms with Crippen LogP contribution in [-0.4, -0.2) is 31.0 Å². The van der Waals surface area contributed by atoms with Crippen molar-refractivity contribution in [1.29, 1.82) is 0 Å². The zero-order valence-corrected chi connectivity index (χ0v) is 15.1. The third-order valence-electron chi connectivity index (χ3n) is 4.74. The summed E-state index contributed by atoms with van der Waals surface area (Å²) in [6, 6.07) is 9.01. The Kier molecular flexibility index (Phi) is 3.34. The van der Waals surface area contributed by atoms with E-state index in [9.17, 15) is 4.39 Å². The van der Waals surface area contributed by atoms with Crippen LogP contribution in [-0.2, 0) is 6.54 Å². The minimum atomic E-state index is -0.373. The molecule has 0 amide bonds. The normalized spacial score (nSPS) is 15.5. The molecule has 0 saturated carbocycles. The fourth-order valence-corrected chi connectivity index (χ4v) is 3.45. The van der Waals surface area contributed by atoms with Crippen LogP contribution in [0.4, 0.5) is 4.39 Å². The fraction of sp³-hybridized carbons (Fsp3) is 0.250. The average molecular weight is 363 g/mol. The first-order valence-electron chi connectivity index (χ1n) is 8.79. The molecule has 5 rings (SSSR count). The first kappa shape index (κ1) is 16.0. The number of rotatable bonds is 2. The molecule has 136 valence electrons. The van der Waals surface area contributed by atoms with E-state index in [0.29, 0.717) is 18.0 Å². The van der Waals surface area contributed by atoms with Crippen LogP contribution in [0.25, 0.3) is 28.0 Å². The molecule has 7 heteroatoms. The van der Waals surface area contributed by atoms with Gasteiger partial charge in [-0.05, 0) is 35.9 Å². The molecule has 0 N–H and O–H groups in total. The van der Waals surface area contributed by atoms with Gasteiger partial charge in [0.1, 0.15) is 11.5 Å². The van der Waals surface area contributed by atoms with Crippen molar-refractivity contribution in [2.24, 2.45) is 5.41 Å². The van der Waals surface area contributed by atoms with Gasteiger partial charge in [0.25, 0.3) is 0 Å². The molecular formula is C20H18FN5O. The minimum absolute atomic E-state index is 0.0147. The standard InChI is InChI=1S/C20H18FN5O/c1-20(2)11-26-19(27-12-20)17(13-6-8-25-15(9-13)5-7-23-25)18(24-26)16-4-3-14(21)10-22-16/h3-10H,11-12H2,1-2H3. The van der Waals surface area contributed by atoms with E-state index in [-0.39, 0.29) is 11.2 Å². The molecule has 0 bridgehead atoms. The lowest BCUT2D eigenvalue weighted by molar-refractivity contribution is 0.101. The molecule has 4 aromatic heterocycles. The van der Waals surface area contributed by atoms with Crippen molar-refractivity contribution < 1.29 is 9.13 Å². The highest BCUT2D eigenvalue weighted by atomic mass is 19.1. The summed E-state index contributed by atoms with van der Waals surface area (Å²) in [5.74, 6) is 0.349. The highest BCUT2D eigenvalue weighted by Gasteiger charge is 2.32. The van der Waals surface area contributed by atoms with Gasteiger partial charge in [0.2, 0.25) is 5.88 Å². The first-order chi connectivity index (χ1) is 13.0. The van der Waals surface area contributed by atoms with E-state index in [1.807, 2.05) is 29.1 Å².